The molecule has 0 saturated carbocycles. The third-order valence-corrected chi connectivity index (χ3v) is 4.53. The molecule has 0 spiro atoms. The number of hydrogen-bond acceptors (Lipinski definition) is 1. The lowest BCUT2D eigenvalue weighted by Crippen LogP contribution is -1.91. The highest BCUT2D eigenvalue weighted by Crippen LogP contribution is 2.29. The summed E-state index contributed by atoms with van der Waals surface area (Å²) in [5.74, 6) is 0. The van der Waals surface area contributed by atoms with Crippen molar-refractivity contribution in [3.63, 3.8) is 0 Å². The lowest BCUT2D eigenvalue weighted by atomic mass is 10.0. The number of rotatable bonds is 4. The van der Waals surface area contributed by atoms with Crippen molar-refractivity contribution in [2.75, 3.05) is 0 Å². The maximum atomic E-state index is 2.29. The van der Waals surface area contributed by atoms with E-state index in [2.05, 4.69) is 85.8 Å². The first kappa shape index (κ1) is 14.0. The van der Waals surface area contributed by atoms with E-state index in [4.69, 9.17) is 0 Å². The predicted molar refractivity (Wildman–Crippen MR) is 91.0 cm³/mol. The Kier molecular flexibility index (Phi) is 4.42. The van der Waals surface area contributed by atoms with Crippen molar-refractivity contribution < 1.29 is 0 Å². The molecule has 0 aliphatic heterocycles. The summed E-state index contributed by atoms with van der Waals surface area (Å²) in [6, 6.07) is 27.9. The molecule has 3 aromatic carbocycles. The zero-order chi connectivity index (χ0) is 14.5. The number of aryl methyl sites for hydroxylation is 1. The van der Waals surface area contributed by atoms with Crippen molar-refractivity contribution >= 4 is 11.8 Å². The lowest BCUT2D eigenvalue weighted by molar-refractivity contribution is 1.14. The van der Waals surface area contributed by atoms with Crippen LogP contribution in [0.4, 0.5) is 0 Å². The van der Waals surface area contributed by atoms with Gasteiger partial charge in [-0.05, 0) is 54.3 Å². The first-order valence-electron chi connectivity index (χ1n) is 7.17. The van der Waals surface area contributed by atoms with Crippen LogP contribution < -0.4 is 0 Å². The van der Waals surface area contributed by atoms with E-state index in [-0.39, 0.29) is 0 Å². The standard InChI is InChI=1S/C20H18S/c1-16-14-20(21-19-10-6-3-7-11-19)13-12-18(16)15-17-8-4-2-5-9-17/h2-14H,15H2,1H3. The van der Waals surface area contributed by atoms with Gasteiger partial charge in [-0.3, -0.25) is 0 Å². The monoisotopic (exact) mass is 290 g/mol. The van der Waals surface area contributed by atoms with Crippen molar-refractivity contribution in [1.82, 2.24) is 0 Å². The van der Waals surface area contributed by atoms with Crippen molar-refractivity contribution in [3.05, 3.63) is 95.6 Å². The molecule has 0 atom stereocenters. The second kappa shape index (κ2) is 6.64. The molecule has 21 heavy (non-hydrogen) atoms. The Labute approximate surface area is 130 Å². The fourth-order valence-corrected chi connectivity index (χ4v) is 3.31. The molecule has 0 radical (unpaired) electrons. The number of hydrogen-bond donors (Lipinski definition) is 0. The topological polar surface area (TPSA) is 0 Å². The maximum absolute atomic E-state index is 2.29. The van der Waals surface area contributed by atoms with Crippen molar-refractivity contribution in [3.8, 4) is 0 Å². The van der Waals surface area contributed by atoms with Crippen LogP contribution in [0.5, 0.6) is 0 Å². The first-order valence-corrected chi connectivity index (χ1v) is 7.99. The second-order valence-corrected chi connectivity index (χ2v) is 6.31. The molecule has 0 saturated heterocycles. The summed E-state index contributed by atoms with van der Waals surface area (Å²) >= 11 is 1.82. The summed E-state index contributed by atoms with van der Waals surface area (Å²) < 4.78 is 0. The van der Waals surface area contributed by atoms with E-state index >= 15 is 0 Å². The summed E-state index contributed by atoms with van der Waals surface area (Å²) in [6.07, 6.45) is 1.00. The van der Waals surface area contributed by atoms with E-state index in [0.717, 1.165) is 6.42 Å². The fourth-order valence-electron chi connectivity index (χ4n) is 2.37. The van der Waals surface area contributed by atoms with Crippen LogP contribution in [-0.2, 0) is 6.42 Å². The van der Waals surface area contributed by atoms with Gasteiger partial charge in [-0.15, -0.1) is 0 Å². The van der Waals surface area contributed by atoms with Crippen LogP contribution in [0.1, 0.15) is 16.7 Å². The first-order chi connectivity index (χ1) is 10.3. The largest absolute Gasteiger partial charge is 0.0901 e. The molecule has 0 amide bonds. The zero-order valence-corrected chi connectivity index (χ0v) is 12.9. The maximum Gasteiger partial charge on any atom is 0.0125 e. The molecule has 1 heteroatoms. The van der Waals surface area contributed by atoms with Gasteiger partial charge in [0.05, 0.1) is 0 Å². The molecule has 0 aliphatic carbocycles. The van der Waals surface area contributed by atoms with Gasteiger partial charge in [0.1, 0.15) is 0 Å². The summed E-state index contributed by atoms with van der Waals surface area (Å²) in [5, 5.41) is 0. The van der Waals surface area contributed by atoms with Gasteiger partial charge >= 0.3 is 0 Å². The van der Waals surface area contributed by atoms with Crippen LogP contribution in [0.25, 0.3) is 0 Å². The minimum absolute atomic E-state index is 1.00. The highest BCUT2D eigenvalue weighted by molar-refractivity contribution is 7.99. The molecule has 0 nitrogen and oxygen atoms in total. The summed E-state index contributed by atoms with van der Waals surface area (Å²) in [6.45, 7) is 2.20. The average molecular weight is 290 g/mol. The van der Waals surface area contributed by atoms with Crippen molar-refractivity contribution in [2.45, 2.75) is 23.1 Å². The summed E-state index contributed by atoms with van der Waals surface area (Å²) in [7, 11) is 0. The third kappa shape index (κ3) is 3.77. The molecule has 3 aromatic rings. The van der Waals surface area contributed by atoms with Gasteiger partial charge in [0.15, 0.2) is 0 Å². The Morgan fingerprint density at radius 2 is 1.38 bits per heavy atom. The highest BCUT2D eigenvalue weighted by atomic mass is 32.2. The Morgan fingerprint density at radius 1 is 0.714 bits per heavy atom. The molecule has 0 unspecified atom stereocenters. The quantitative estimate of drug-likeness (QED) is 0.590. The van der Waals surface area contributed by atoms with Gasteiger partial charge in [0.2, 0.25) is 0 Å². The van der Waals surface area contributed by atoms with E-state index in [0.29, 0.717) is 0 Å². The molecule has 0 heterocycles. The van der Waals surface area contributed by atoms with Crippen LogP contribution >= 0.6 is 11.8 Å². The second-order valence-electron chi connectivity index (χ2n) is 5.17. The Balaban J connectivity index is 1.77. The summed E-state index contributed by atoms with van der Waals surface area (Å²) in [5.41, 5.74) is 4.13. The van der Waals surface area contributed by atoms with Crippen LogP contribution in [0.3, 0.4) is 0 Å². The van der Waals surface area contributed by atoms with E-state index in [1.165, 1.54) is 26.5 Å². The van der Waals surface area contributed by atoms with E-state index in [9.17, 15) is 0 Å². The molecule has 3 rings (SSSR count). The molecule has 0 aromatic heterocycles. The fraction of sp³-hybridized carbons (Fsp3) is 0.100. The van der Waals surface area contributed by atoms with Gasteiger partial charge in [-0.2, -0.15) is 0 Å². The zero-order valence-electron chi connectivity index (χ0n) is 12.1. The van der Waals surface area contributed by atoms with Gasteiger partial charge in [0.25, 0.3) is 0 Å². The molecule has 0 bridgehead atoms. The Bertz CT molecular complexity index is 702. The van der Waals surface area contributed by atoms with Crippen LogP contribution in [0.15, 0.2) is 88.7 Å². The van der Waals surface area contributed by atoms with E-state index in [1.54, 1.807) is 0 Å². The average Bonchev–Trinajstić information content (AvgIpc) is 2.52. The van der Waals surface area contributed by atoms with Gasteiger partial charge < -0.3 is 0 Å². The predicted octanol–water partition coefficient (Wildman–Crippen LogP) is 5.74. The Morgan fingerprint density at radius 3 is 2.05 bits per heavy atom. The lowest BCUT2D eigenvalue weighted by Gasteiger charge is -2.09. The minimum Gasteiger partial charge on any atom is -0.0901 e. The SMILES string of the molecule is Cc1cc(Sc2ccccc2)ccc1Cc1ccccc1. The minimum atomic E-state index is 1.00. The Hall–Kier alpha value is -1.99. The van der Waals surface area contributed by atoms with Gasteiger partial charge in [0, 0.05) is 9.79 Å². The van der Waals surface area contributed by atoms with Crippen molar-refractivity contribution in [2.24, 2.45) is 0 Å². The van der Waals surface area contributed by atoms with E-state index in [1.807, 2.05) is 11.8 Å². The van der Waals surface area contributed by atoms with Crippen LogP contribution in [-0.4, -0.2) is 0 Å². The molecule has 0 N–H and O–H groups in total. The highest BCUT2D eigenvalue weighted by Gasteiger charge is 2.03. The number of benzene rings is 3. The normalized spacial score (nSPS) is 10.5. The molecular formula is C20H18S. The van der Waals surface area contributed by atoms with Gasteiger partial charge in [-0.1, -0.05) is 66.4 Å². The van der Waals surface area contributed by atoms with Crippen LogP contribution in [0.2, 0.25) is 0 Å². The molecular weight excluding hydrogens is 272 g/mol. The van der Waals surface area contributed by atoms with Gasteiger partial charge in [-0.25, -0.2) is 0 Å². The van der Waals surface area contributed by atoms with Crippen molar-refractivity contribution in [1.29, 1.82) is 0 Å². The third-order valence-electron chi connectivity index (χ3n) is 3.53. The molecule has 0 fully saturated rings. The molecule has 0 aliphatic rings. The van der Waals surface area contributed by atoms with Crippen LogP contribution in [0, 0.1) is 6.92 Å². The summed E-state index contributed by atoms with van der Waals surface area (Å²) in [4.78, 5) is 2.59. The smallest absolute Gasteiger partial charge is 0.0125 e. The molecule has 104 valence electrons. The van der Waals surface area contributed by atoms with E-state index < -0.39 is 0 Å².